The van der Waals surface area contributed by atoms with Gasteiger partial charge in [0.15, 0.2) is 0 Å². The minimum atomic E-state index is 0.247. The zero-order valence-electron chi connectivity index (χ0n) is 14.4. The van der Waals surface area contributed by atoms with Crippen molar-refractivity contribution in [3.8, 4) is 0 Å². The summed E-state index contributed by atoms with van der Waals surface area (Å²) in [6.45, 7) is 0. The van der Waals surface area contributed by atoms with Crippen LogP contribution < -0.4 is 0 Å². The van der Waals surface area contributed by atoms with E-state index in [0.717, 1.165) is 5.71 Å². The maximum atomic E-state index is 4.86. The molecule has 0 N–H and O–H groups in total. The fourth-order valence-electron chi connectivity index (χ4n) is 4.06. The van der Waals surface area contributed by atoms with E-state index in [2.05, 4.69) is 102 Å². The zero-order chi connectivity index (χ0) is 17.3. The Labute approximate surface area is 154 Å². The van der Waals surface area contributed by atoms with Crippen LogP contribution in [-0.2, 0) is 0 Å². The van der Waals surface area contributed by atoms with Crippen LogP contribution >= 0.6 is 0 Å². The monoisotopic (exact) mass is 336 g/mol. The number of fused-ring (bicyclic) bond motifs is 1. The molecular weight excluding hydrogens is 316 g/mol. The molecule has 0 radical (unpaired) electrons. The lowest BCUT2D eigenvalue weighted by Gasteiger charge is -2.16. The fourth-order valence-corrected chi connectivity index (χ4v) is 4.06. The molecule has 5 rings (SSSR count). The van der Waals surface area contributed by atoms with Crippen molar-refractivity contribution in [2.24, 2.45) is 4.99 Å². The van der Waals surface area contributed by atoms with Crippen LogP contribution in [-0.4, -0.2) is 16.7 Å². The van der Waals surface area contributed by atoms with E-state index in [1.54, 1.807) is 0 Å². The number of hydrogen-bond donors (Lipinski definition) is 0. The van der Waals surface area contributed by atoms with Gasteiger partial charge in [-0.1, -0.05) is 91.0 Å². The van der Waals surface area contributed by atoms with Crippen LogP contribution in [0, 0.1) is 0 Å². The first kappa shape index (κ1) is 15.3. The highest BCUT2D eigenvalue weighted by molar-refractivity contribution is 6.07. The molecule has 1 fully saturated rings. The van der Waals surface area contributed by atoms with Gasteiger partial charge in [-0.3, -0.25) is 9.89 Å². The SMILES string of the molecule is C1=CC(c2ccccc2)N2C(C(c3ccccc3)=N1)C2c1ccccc1. The molecule has 0 amide bonds. The summed E-state index contributed by atoms with van der Waals surface area (Å²) in [5.41, 5.74) is 5.04. The molecule has 3 aromatic carbocycles. The number of rotatable bonds is 3. The van der Waals surface area contributed by atoms with Crippen LogP contribution in [0.5, 0.6) is 0 Å². The van der Waals surface area contributed by atoms with Gasteiger partial charge in [-0.25, -0.2) is 0 Å². The Hall–Kier alpha value is -2.97. The number of hydrogen-bond acceptors (Lipinski definition) is 2. The largest absolute Gasteiger partial charge is 0.273 e. The zero-order valence-corrected chi connectivity index (χ0v) is 14.4. The van der Waals surface area contributed by atoms with E-state index in [4.69, 9.17) is 4.99 Å². The molecule has 3 aromatic rings. The quantitative estimate of drug-likeness (QED) is 0.602. The van der Waals surface area contributed by atoms with Crippen LogP contribution in [0.15, 0.2) is 108 Å². The predicted molar refractivity (Wildman–Crippen MR) is 106 cm³/mol. The lowest BCUT2D eigenvalue weighted by molar-refractivity contribution is 0.438. The van der Waals surface area contributed by atoms with Crippen molar-refractivity contribution >= 4 is 5.71 Å². The van der Waals surface area contributed by atoms with Gasteiger partial charge in [0.05, 0.1) is 23.8 Å². The van der Waals surface area contributed by atoms with E-state index in [9.17, 15) is 0 Å². The Morgan fingerprint density at radius 2 is 1.19 bits per heavy atom. The van der Waals surface area contributed by atoms with E-state index in [1.165, 1.54) is 16.7 Å². The third-order valence-electron chi connectivity index (χ3n) is 5.29. The lowest BCUT2D eigenvalue weighted by Crippen LogP contribution is -2.15. The van der Waals surface area contributed by atoms with Gasteiger partial charge in [0.1, 0.15) is 0 Å². The van der Waals surface area contributed by atoms with E-state index in [0.29, 0.717) is 12.1 Å². The van der Waals surface area contributed by atoms with Crippen molar-refractivity contribution in [2.45, 2.75) is 18.1 Å². The fraction of sp³-hybridized carbons (Fsp3) is 0.125. The summed E-state index contributed by atoms with van der Waals surface area (Å²) in [7, 11) is 0. The summed E-state index contributed by atoms with van der Waals surface area (Å²) >= 11 is 0. The van der Waals surface area contributed by atoms with E-state index < -0.39 is 0 Å². The molecule has 2 heteroatoms. The Morgan fingerprint density at radius 3 is 1.85 bits per heavy atom. The van der Waals surface area contributed by atoms with Crippen LogP contribution in [0.25, 0.3) is 0 Å². The maximum Gasteiger partial charge on any atom is 0.0740 e. The highest BCUT2D eigenvalue weighted by atomic mass is 15.4. The first-order valence-electron chi connectivity index (χ1n) is 9.10. The summed E-state index contributed by atoms with van der Waals surface area (Å²) < 4.78 is 0. The summed E-state index contributed by atoms with van der Waals surface area (Å²) in [6, 6.07) is 33.0. The normalized spacial score (nSPS) is 26.5. The van der Waals surface area contributed by atoms with Gasteiger partial charge >= 0.3 is 0 Å². The third kappa shape index (κ3) is 2.59. The minimum Gasteiger partial charge on any atom is -0.273 e. The number of nitrogens with zero attached hydrogens (tertiary/aromatic N) is 2. The maximum absolute atomic E-state index is 4.86. The van der Waals surface area contributed by atoms with Crippen molar-refractivity contribution in [3.05, 3.63) is 120 Å². The highest BCUT2D eigenvalue weighted by Crippen LogP contribution is 2.52. The molecule has 0 spiro atoms. The second-order valence-electron chi connectivity index (χ2n) is 6.82. The summed E-state index contributed by atoms with van der Waals surface area (Å²) in [4.78, 5) is 7.43. The van der Waals surface area contributed by atoms with Crippen LogP contribution in [0.1, 0.15) is 28.8 Å². The van der Waals surface area contributed by atoms with Gasteiger partial charge in [-0.05, 0) is 22.8 Å². The molecule has 0 bridgehead atoms. The number of aliphatic imine (C=N–C) groups is 1. The first-order chi connectivity index (χ1) is 12.9. The topological polar surface area (TPSA) is 15.4 Å². The average Bonchev–Trinajstić information content (AvgIpc) is 3.47. The van der Waals surface area contributed by atoms with Crippen molar-refractivity contribution in [1.82, 2.24) is 4.90 Å². The van der Waals surface area contributed by atoms with Gasteiger partial charge in [0, 0.05) is 6.20 Å². The molecule has 0 saturated carbocycles. The van der Waals surface area contributed by atoms with Gasteiger partial charge < -0.3 is 0 Å². The van der Waals surface area contributed by atoms with Crippen molar-refractivity contribution in [2.75, 3.05) is 0 Å². The second kappa shape index (κ2) is 6.40. The van der Waals surface area contributed by atoms with Gasteiger partial charge in [0.2, 0.25) is 0 Å². The van der Waals surface area contributed by atoms with Crippen LogP contribution in [0.4, 0.5) is 0 Å². The Morgan fingerprint density at radius 1 is 0.615 bits per heavy atom. The Bertz CT molecular complexity index is 945. The Balaban J connectivity index is 1.58. The molecule has 4 unspecified atom stereocenters. The van der Waals surface area contributed by atoms with Crippen LogP contribution in [0.2, 0.25) is 0 Å². The van der Waals surface area contributed by atoms with Gasteiger partial charge in [0.25, 0.3) is 0 Å². The second-order valence-corrected chi connectivity index (χ2v) is 6.82. The van der Waals surface area contributed by atoms with Crippen molar-refractivity contribution < 1.29 is 0 Å². The first-order valence-corrected chi connectivity index (χ1v) is 9.10. The molecule has 2 heterocycles. The summed E-state index contributed by atoms with van der Waals surface area (Å²) in [5.74, 6) is 0. The molecular formula is C24H20N2. The average molecular weight is 336 g/mol. The molecule has 26 heavy (non-hydrogen) atoms. The van der Waals surface area contributed by atoms with Gasteiger partial charge in [-0.2, -0.15) is 0 Å². The predicted octanol–water partition coefficient (Wildman–Crippen LogP) is 5.17. The van der Waals surface area contributed by atoms with E-state index in [1.807, 2.05) is 6.20 Å². The smallest absolute Gasteiger partial charge is 0.0740 e. The summed E-state index contributed by atoms with van der Waals surface area (Å²) in [5, 5.41) is 0. The molecule has 0 aromatic heterocycles. The number of benzene rings is 3. The van der Waals surface area contributed by atoms with Gasteiger partial charge in [-0.15, -0.1) is 0 Å². The molecule has 4 atom stereocenters. The van der Waals surface area contributed by atoms with E-state index in [-0.39, 0.29) is 6.04 Å². The Kier molecular flexibility index (Phi) is 3.76. The molecule has 126 valence electrons. The lowest BCUT2D eigenvalue weighted by atomic mass is 10.0. The third-order valence-corrected chi connectivity index (χ3v) is 5.29. The standard InChI is InChI=1S/C24H20N2/c1-4-10-18(11-5-1)21-16-17-25-22(19-12-6-2-7-13-19)24-23(26(21)24)20-14-8-3-9-15-20/h1-17,21,23-24H. The van der Waals surface area contributed by atoms with Crippen LogP contribution in [0.3, 0.4) is 0 Å². The molecule has 2 aliphatic rings. The molecule has 2 aliphatic heterocycles. The molecule has 2 nitrogen and oxygen atoms in total. The summed E-state index contributed by atoms with van der Waals surface area (Å²) in [6.07, 6.45) is 4.20. The van der Waals surface area contributed by atoms with Crippen molar-refractivity contribution in [3.63, 3.8) is 0 Å². The van der Waals surface area contributed by atoms with Crippen molar-refractivity contribution in [1.29, 1.82) is 0 Å². The molecule has 1 saturated heterocycles. The van der Waals surface area contributed by atoms with E-state index >= 15 is 0 Å². The molecule has 0 aliphatic carbocycles. The minimum absolute atomic E-state index is 0.247. The highest BCUT2D eigenvalue weighted by Gasteiger charge is 2.55.